The van der Waals surface area contributed by atoms with Crippen molar-refractivity contribution in [1.82, 2.24) is 4.90 Å². The maximum Gasteiger partial charge on any atom is 0.233 e. The number of carbonyl (C=O) groups is 2. The van der Waals surface area contributed by atoms with E-state index in [9.17, 15) is 24.9 Å². The molecule has 1 aromatic heterocycles. The van der Waals surface area contributed by atoms with Gasteiger partial charge < -0.3 is 19.7 Å². The molecule has 0 unspecified atom stereocenters. The van der Waals surface area contributed by atoms with Crippen molar-refractivity contribution in [2.75, 3.05) is 13.7 Å². The third-order valence-corrected chi connectivity index (χ3v) is 7.01. The fourth-order valence-electron chi connectivity index (χ4n) is 5.48. The van der Waals surface area contributed by atoms with Crippen LogP contribution in [-0.2, 0) is 16.2 Å². The number of hydrogen-bond acceptors (Lipinski definition) is 6. The maximum atomic E-state index is 12.8. The van der Waals surface area contributed by atoms with Crippen LogP contribution >= 0.6 is 0 Å². The second kappa shape index (κ2) is 11.3. The average molecular weight is 460 g/mol. The van der Waals surface area contributed by atoms with Gasteiger partial charge in [0.15, 0.2) is 0 Å². The number of aliphatic hydroxyl groups is 3. The molecule has 2 heterocycles. The van der Waals surface area contributed by atoms with Gasteiger partial charge in [-0.2, -0.15) is 0 Å². The van der Waals surface area contributed by atoms with Gasteiger partial charge in [0, 0.05) is 13.0 Å². The Morgan fingerprint density at radius 2 is 1.94 bits per heavy atom. The number of carbonyl (C=O) groups excluding carboxylic acids is 2. The Labute approximate surface area is 195 Å². The second-order valence-corrected chi connectivity index (χ2v) is 9.24. The van der Waals surface area contributed by atoms with Gasteiger partial charge in [0.25, 0.3) is 0 Å². The van der Waals surface area contributed by atoms with Crippen molar-refractivity contribution in [3.05, 3.63) is 40.4 Å². The van der Waals surface area contributed by atoms with Gasteiger partial charge >= 0.3 is 0 Å². The minimum atomic E-state index is -0.789. The van der Waals surface area contributed by atoms with Crippen LogP contribution < -0.4 is 0 Å². The molecule has 3 N–H and O–H groups in total. The predicted molar refractivity (Wildman–Crippen MR) is 125 cm³/mol. The first-order valence-corrected chi connectivity index (χ1v) is 12.1. The molecule has 0 bridgehead atoms. The van der Waals surface area contributed by atoms with Crippen LogP contribution in [0, 0.1) is 17.8 Å². The molecular formula is C26H37NO6. The molecule has 1 aliphatic carbocycles. The molecule has 1 aromatic rings. The number of aliphatic hydroxyl groups excluding tert-OH is 3. The van der Waals surface area contributed by atoms with E-state index in [0.29, 0.717) is 30.8 Å². The van der Waals surface area contributed by atoms with Crippen molar-refractivity contribution < 1.29 is 29.3 Å². The lowest BCUT2D eigenvalue weighted by atomic mass is 9.67. The number of fused-ring (bicyclic) bond motifs is 1. The summed E-state index contributed by atoms with van der Waals surface area (Å²) in [5, 5.41) is 30.7. The molecule has 0 radical (unpaired) electrons. The predicted octanol–water partition coefficient (Wildman–Crippen LogP) is 3.44. The van der Waals surface area contributed by atoms with Crippen molar-refractivity contribution in [2.45, 2.75) is 71.5 Å². The highest BCUT2D eigenvalue weighted by atomic mass is 16.4. The molecule has 0 saturated carbocycles. The summed E-state index contributed by atoms with van der Waals surface area (Å²) in [5.74, 6) is -0.814. The highest BCUT2D eigenvalue weighted by molar-refractivity contribution is 6.05. The molecule has 7 heteroatoms. The van der Waals surface area contributed by atoms with Gasteiger partial charge in [0.1, 0.15) is 18.1 Å². The number of nitrogens with zero attached hydrogens (tertiary/aromatic N) is 1. The topological polar surface area (TPSA) is 111 Å². The van der Waals surface area contributed by atoms with Crippen molar-refractivity contribution >= 4 is 17.9 Å². The standard InChI is InChI=1S/C26H37NO6/c1-4-6-16(12-18-9-10-19(14-28)33-18)8-11-22(30)23-17(7-5-2)13-20-24(21(23)15-29)26(32)27(3)25(20)31/h9-10,12,20-22,24,28-30H,4-8,11,13-15H2,1-3H3/b16-12+/t20-,21+,22-,24-/m1/s1. The molecule has 7 nitrogen and oxygen atoms in total. The smallest absolute Gasteiger partial charge is 0.233 e. The Morgan fingerprint density at radius 3 is 2.55 bits per heavy atom. The molecular weight excluding hydrogens is 422 g/mol. The molecule has 4 atom stereocenters. The third-order valence-electron chi connectivity index (χ3n) is 7.01. The minimum Gasteiger partial charge on any atom is -0.459 e. The number of imide groups is 1. The molecule has 33 heavy (non-hydrogen) atoms. The molecule has 182 valence electrons. The number of furan rings is 1. The molecule has 0 spiro atoms. The van der Waals surface area contributed by atoms with Gasteiger partial charge in [0.2, 0.25) is 11.8 Å². The molecule has 2 amide bonds. The van der Waals surface area contributed by atoms with Crippen LogP contribution in [0.2, 0.25) is 0 Å². The van der Waals surface area contributed by atoms with Gasteiger partial charge in [-0.25, -0.2) is 0 Å². The van der Waals surface area contributed by atoms with Crippen LogP contribution in [0.3, 0.4) is 0 Å². The molecule has 2 aliphatic rings. The zero-order chi connectivity index (χ0) is 24.1. The van der Waals surface area contributed by atoms with Crippen LogP contribution in [0.15, 0.2) is 33.3 Å². The summed E-state index contributed by atoms with van der Waals surface area (Å²) in [4.78, 5) is 26.6. The highest BCUT2D eigenvalue weighted by Gasteiger charge is 2.53. The maximum absolute atomic E-state index is 12.8. The Kier molecular flexibility index (Phi) is 8.68. The van der Waals surface area contributed by atoms with Gasteiger partial charge in [0.05, 0.1) is 24.5 Å². The molecule has 3 rings (SSSR count). The number of allylic oxidation sites excluding steroid dienone is 2. The molecule has 1 aliphatic heterocycles. The van der Waals surface area contributed by atoms with Crippen molar-refractivity contribution in [3.8, 4) is 0 Å². The van der Waals surface area contributed by atoms with E-state index in [0.717, 1.165) is 42.4 Å². The zero-order valence-electron chi connectivity index (χ0n) is 19.9. The first kappa shape index (κ1) is 25.4. The second-order valence-electron chi connectivity index (χ2n) is 9.24. The summed E-state index contributed by atoms with van der Waals surface area (Å²) in [6.07, 6.45) is 6.18. The third kappa shape index (κ3) is 5.31. The normalized spacial score (nSPS) is 24.6. The number of hydrogen-bond donors (Lipinski definition) is 3. The molecule has 1 saturated heterocycles. The van der Waals surface area contributed by atoms with Crippen LogP contribution in [-0.4, -0.2) is 51.8 Å². The van der Waals surface area contributed by atoms with Gasteiger partial charge in [-0.05, 0) is 55.9 Å². The van der Waals surface area contributed by atoms with E-state index in [1.54, 1.807) is 6.07 Å². The van der Waals surface area contributed by atoms with E-state index >= 15 is 0 Å². The largest absolute Gasteiger partial charge is 0.459 e. The Morgan fingerprint density at radius 1 is 1.18 bits per heavy atom. The SMILES string of the molecule is CCCC1=C([C@H](O)CC/C(=C/c2ccc(CO)o2)CCC)[C@H](CO)[C@@H]2C(=O)N(C)C(=O)[C@@H]2C1. The average Bonchev–Trinajstić information content (AvgIpc) is 3.35. The fourth-order valence-corrected chi connectivity index (χ4v) is 5.48. The lowest BCUT2D eigenvalue weighted by Gasteiger charge is -2.36. The van der Waals surface area contributed by atoms with E-state index in [1.807, 2.05) is 12.1 Å². The number of likely N-dealkylation sites (tertiary alicyclic amines) is 1. The monoisotopic (exact) mass is 459 g/mol. The molecule has 1 fully saturated rings. The Balaban J connectivity index is 1.83. The first-order chi connectivity index (χ1) is 15.9. The van der Waals surface area contributed by atoms with Crippen molar-refractivity contribution in [3.63, 3.8) is 0 Å². The van der Waals surface area contributed by atoms with Gasteiger partial charge in [-0.1, -0.05) is 37.8 Å². The number of rotatable bonds is 11. The van der Waals surface area contributed by atoms with E-state index in [1.165, 1.54) is 11.9 Å². The minimum absolute atomic E-state index is 0.148. The summed E-state index contributed by atoms with van der Waals surface area (Å²) in [6, 6.07) is 3.56. The van der Waals surface area contributed by atoms with E-state index < -0.39 is 23.9 Å². The van der Waals surface area contributed by atoms with Crippen molar-refractivity contribution in [2.24, 2.45) is 17.8 Å². The highest BCUT2D eigenvalue weighted by Crippen LogP contribution is 2.46. The lowest BCUT2D eigenvalue weighted by molar-refractivity contribution is -0.138. The van der Waals surface area contributed by atoms with Crippen LogP contribution in [0.1, 0.15) is 70.3 Å². The summed E-state index contributed by atoms with van der Waals surface area (Å²) < 4.78 is 5.59. The van der Waals surface area contributed by atoms with E-state index in [4.69, 9.17) is 4.42 Å². The van der Waals surface area contributed by atoms with Crippen LogP contribution in [0.4, 0.5) is 0 Å². The number of amides is 2. The Hall–Kier alpha value is -2.22. The summed E-state index contributed by atoms with van der Waals surface area (Å²) in [6.45, 7) is 3.74. The van der Waals surface area contributed by atoms with E-state index in [-0.39, 0.29) is 25.0 Å². The van der Waals surface area contributed by atoms with Gasteiger partial charge in [-0.15, -0.1) is 0 Å². The van der Waals surface area contributed by atoms with Crippen molar-refractivity contribution in [1.29, 1.82) is 0 Å². The lowest BCUT2D eigenvalue weighted by Crippen LogP contribution is -2.39. The fraction of sp³-hybridized carbons (Fsp3) is 0.615. The molecule has 0 aromatic carbocycles. The quantitative estimate of drug-likeness (QED) is 0.345. The first-order valence-electron chi connectivity index (χ1n) is 12.1. The summed E-state index contributed by atoms with van der Waals surface area (Å²) in [5.41, 5.74) is 2.91. The zero-order valence-corrected chi connectivity index (χ0v) is 19.9. The van der Waals surface area contributed by atoms with Crippen LogP contribution in [0.5, 0.6) is 0 Å². The van der Waals surface area contributed by atoms with E-state index in [2.05, 4.69) is 13.8 Å². The Bertz CT molecular complexity index is 914. The summed E-state index contributed by atoms with van der Waals surface area (Å²) in [7, 11) is 1.51. The van der Waals surface area contributed by atoms with Crippen LogP contribution in [0.25, 0.3) is 6.08 Å². The van der Waals surface area contributed by atoms with Gasteiger partial charge in [-0.3, -0.25) is 14.5 Å². The summed E-state index contributed by atoms with van der Waals surface area (Å²) >= 11 is 0.